The van der Waals surface area contributed by atoms with E-state index in [1.165, 1.54) is 6.07 Å². The van der Waals surface area contributed by atoms with Crippen LogP contribution in [-0.4, -0.2) is 10.0 Å². The van der Waals surface area contributed by atoms with Gasteiger partial charge in [0.05, 0.1) is 10.5 Å². The lowest BCUT2D eigenvalue weighted by Crippen LogP contribution is -2.11. The van der Waals surface area contributed by atoms with Crippen LogP contribution in [0, 0.1) is 17.0 Å². The number of nitrogens with zero attached hydrogens (tertiary/aromatic N) is 1. The minimum Gasteiger partial charge on any atom is -0.482 e. The minimum atomic E-state index is -0.897. The Kier molecular flexibility index (Phi) is 2.91. The van der Waals surface area contributed by atoms with Crippen LogP contribution < -0.4 is 4.74 Å². The molecule has 1 N–H and O–H groups in total. The molecule has 102 valence electrons. The lowest BCUT2D eigenvalue weighted by atomic mass is 9.99. The average Bonchev–Trinajstić information content (AvgIpc) is 2.75. The first-order valence-electron chi connectivity index (χ1n) is 6.26. The highest BCUT2D eigenvalue weighted by Gasteiger charge is 2.37. The molecule has 5 heteroatoms. The van der Waals surface area contributed by atoms with Gasteiger partial charge in [-0.1, -0.05) is 24.3 Å². The summed E-state index contributed by atoms with van der Waals surface area (Å²) in [7, 11) is 0. The summed E-state index contributed by atoms with van der Waals surface area (Å²) in [5.74, 6) is 0.584. The molecule has 0 radical (unpaired) electrons. The molecule has 0 spiro atoms. The van der Waals surface area contributed by atoms with Crippen LogP contribution in [0.2, 0.25) is 0 Å². The molecule has 1 aliphatic heterocycles. The van der Waals surface area contributed by atoms with Gasteiger partial charge in [-0.25, -0.2) is 0 Å². The van der Waals surface area contributed by atoms with Gasteiger partial charge < -0.3 is 9.84 Å². The number of ether oxygens (including phenoxy) is 1. The second kappa shape index (κ2) is 4.61. The Balaban J connectivity index is 2.04. The van der Waals surface area contributed by atoms with E-state index in [2.05, 4.69) is 0 Å². The van der Waals surface area contributed by atoms with Crippen molar-refractivity contribution in [3.63, 3.8) is 0 Å². The van der Waals surface area contributed by atoms with E-state index in [0.29, 0.717) is 16.9 Å². The molecule has 0 bridgehead atoms. The van der Waals surface area contributed by atoms with Crippen molar-refractivity contribution < 1.29 is 14.8 Å². The van der Waals surface area contributed by atoms with E-state index in [1.54, 1.807) is 24.3 Å². The van der Waals surface area contributed by atoms with E-state index in [9.17, 15) is 15.2 Å². The predicted molar refractivity (Wildman–Crippen MR) is 72.6 cm³/mol. The predicted octanol–water partition coefficient (Wildman–Crippen LogP) is 3.07. The fraction of sp³-hybridized carbons (Fsp3) is 0.200. The molecule has 0 amide bonds. The topological polar surface area (TPSA) is 72.6 Å². The second-order valence-corrected chi connectivity index (χ2v) is 4.84. The third kappa shape index (κ3) is 1.92. The molecule has 5 nitrogen and oxygen atoms in total. The van der Waals surface area contributed by atoms with Crippen molar-refractivity contribution in [2.24, 2.45) is 0 Å². The molecule has 2 aromatic rings. The second-order valence-electron chi connectivity index (χ2n) is 4.84. The fourth-order valence-corrected chi connectivity index (χ4v) is 2.48. The van der Waals surface area contributed by atoms with Gasteiger partial charge in [0.1, 0.15) is 11.9 Å². The third-order valence-corrected chi connectivity index (χ3v) is 3.47. The summed E-state index contributed by atoms with van der Waals surface area (Å²) in [6.07, 6.45) is -1.64. The first kappa shape index (κ1) is 12.6. The van der Waals surface area contributed by atoms with Crippen LogP contribution in [0.3, 0.4) is 0 Å². The number of benzene rings is 2. The van der Waals surface area contributed by atoms with Gasteiger partial charge in [0.25, 0.3) is 5.69 Å². The molecule has 3 rings (SSSR count). The van der Waals surface area contributed by atoms with Gasteiger partial charge in [0, 0.05) is 11.6 Å². The van der Waals surface area contributed by atoms with E-state index >= 15 is 0 Å². The largest absolute Gasteiger partial charge is 0.482 e. The van der Waals surface area contributed by atoms with Gasteiger partial charge >= 0.3 is 0 Å². The maximum absolute atomic E-state index is 11.1. The van der Waals surface area contributed by atoms with Gasteiger partial charge in [-0.2, -0.15) is 0 Å². The normalized spacial score (nSPS) is 20.3. The van der Waals surface area contributed by atoms with E-state index in [0.717, 1.165) is 5.56 Å². The smallest absolute Gasteiger partial charge is 0.276 e. The Morgan fingerprint density at radius 2 is 1.95 bits per heavy atom. The highest BCUT2D eigenvalue weighted by atomic mass is 16.6. The van der Waals surface area contributed by atoms with Gasteiger partial charge in [0.2, 0.25) is 0 Å². The number of aliphatic hydroxyl groups excluding tert-OH is 1. The standard InChI is InChI=1S/C15H13NO4/c1-9-6-7-11-13(8-9)20-15(14(11)17)10-4-2-3-5-12(10)16(18)19/h2-8,14-15,17H,1H3. The lowest BCUT2D eigenvalue weighted by Gasteiger charge is -2.14. The van der Waals surface area contributed by atoms with E-state index in [4.69, 9.17) is 4.74 Å². The molecule has 0 aromatic heterocycles. The summed E-state index contributed by atoms with van der Waals surface area (Å²) in [5, 5.41) is 21.4. The van der Waals surface area contributed by atoms with Crippen molar-refractivity contribution in [1.29, 1.82) is 0 Å². The quantitative estimate of drug-likeness (QED) is 0.673. The van der Waals surface area contributed by atoms with Crippen LogP contribution in [0.1, 0.15) is 28.9 Å². The van der Waals surface area contributed by atoms with Crippen LogP contribution in [0.15, 0.2) is 42.5 Å². The number of nitro groups is 1. The molecule has 20 heavy (non-hydrogen) atoms. The van der Waals surface area contributed by atoms with Crippen LogP contribution in [-0.2, 0) is 0 Å². The van der Waals surface area contributed by atoms with Crippen molar-refractivity contribution in [2.75, 3.05) is 0 Å². The Morgan fingerprint density at radius 3 is 2.70 bits per heavy atom. The molecule has 1 heterocycles. The highest BCUT2D eigenvalue weighted by Crippen LogP contribution is 2.46. The molecular formula is C15H13NO4. The average molecular weight is 271 g/mol. The first-order valence-corrected chi connectivity index (χ1v) is 6.26. The van der Waals surface area contributed by atoms with Crippen LogP contribution >= 0.6 is 0 Å². The number of hydrogen-bond acceptors (Lipinski definition) is 4. The summed E-state index contributed by atoms with van der Waals surface area (Å²) in [6.45, 7) is 1.92. The number of fused-ring (bicyclic) bond motifs is 1. The summed E-state index contributed by atoms with van der Waals surface area (Å²) >= 11 is 0. The number of para-hydroxylation sites is 1. The summed E-state index contributed by atoms with van der Waals surface area (Å²) in [4.78, 5) is 10.6. The van der Waals surface area contributed by atoms with Crippen molar-refractivity contribution in [2.45, 2.75) is 19.1 Å². The van der Waals surface area contributed by atoms with Crippen LogP contribution in [0.5, 0.6) is 5.75 Å². The van der Waals surface area contributed by atoms with Gasteiger partial charge in [-0.3, -0.25) is 10.1 Å². The zero-order valence-electron chi connectivity index (χ0n) is 10.8. The Labute approximate surface area is 115 Å². The monoisotopic (exact) mass is 271 g/mol. The molecule has 0 aliphatic carbocycles. The Hall–Kier alpha value is -2.40. The van der Waals surface area contributed by atoms with Crippen molar-refractivity contribution in [1.82, 2.24) is 0 Å². The molecule has 0 saturated heterocycles. The maximum atomic E-state index is 11.1. The van der Waals surface area contributed by atoms with E-state index < -0.39 is 17.1 Å². The van der Waals surface area contributed by atoms with Gasteiger partial charge in [-0.15, -0.1) is 0 Å². The maximum Gasteiger partial charge on any atom is 0.276 e. The zero-order chi connectivity index (χ0) is 14.3. The van der Waals surface area contributed by atoms with Crippen molar-refractivity contribution >= 4 is 5.69 Å². The number of nitro benzene ring substituents is 1. The Bertz CT molecular complexity index is 683. The van der Waals surface area contributed by atoms with E-state index in [-0.39, 0.29) is 5.69 Å². The summed E-state index contributed by atoms with van der Waals surface area (Å²) in [5.41, 5.74) is 2.03. The molecule has 1 aliphatic rings. The van der Waals surface area contributed by atoms with Gasteiger partial charge in [-0.05, 0) is 24.6 Å². The van der Waals surface area contributed by atoms with Crippen LogP contribution in [0.4, 0.5) is 5.69 Å². The molecule has 2 unspecified atom stereocenters. The SMILES string of the molecule is Cc1ccc2c(c1)OC(c1ccccc1[N+](=O)[O-])C2O. The number of aryl methyl sites for hydroxylation is 1. The lowest BCUT2D eigenvalue weighted by molar-refractivity contribution is -0.386. The van der Waals surface area contributed by atoms with Crippen molar-refractivity contribution in [3.05, 3.63) is 69.3 Å². The van der Waals surface area contributed by atoms with E-state index in [1.807, 2.05) is 19.1 Å². The molecule has 0 fully saturated rings. The molecule has 2 atom stereocenters. The number of rotatable bonds is 2. The van der Waals surface area contributed by atoms with Crippen LogP contribution in [0.25, 0.3) is 0 Å². The molecular weight excluding hydrogens is 258 g/mol. The van der Waals surface area contributed by atoms with Gasteiger partial charge in [0.15, 0.2) is 6.10 Å². The van der Waals surface area contributed by atoms with Crippen molar-refractivity contribution in [3.8, 4) is 5.75 Å². The molecule has 2 aromatic carbocycles. The Morgan fingerprint density at radius 1 is 1.20 bits per heavy atom. The highest BCUT2D eigenvalue weighted by molar-refractivity contribution is 5.49. The first-order chi connectivity index (χ1) is 9.58. The number of hydrogen-bond donors (Lipinski definition) is 1. The minimum absolute atomic E-state index is 0.0407. The number of aliphatic hydroxyl groups is 1. The molecule has 0 saturated carbocycles. The zero-order valence-corrected chi connectivity index (χ0v) is 10.8. The third-order valence-electron chi connectivity index (χ3n) is 3.47. The fourth-order valence-electron chi connectivity index (χ4n) is 2.48. The summed E-state index contributed by atoms with van der Waals surface area (Å²) < 4.78 is 5.72. The summed E-state index contributed by atoms with van der Waals surface area (Å²) in [6, 6.07) is 11.8.